The lowest BCUT2D eigenvalue weighted by atomic mass is 10.1. The van der Waals surface area contributed by atoms with Gasteiger partial charge in [0.05, 0.1) is 6.10 Å². The van der Waals surface area contributed by atoms with E-state index in [4.69, 9.17) is 9.73 Å². The second kappa shape index (κ2) is 11.0. The zero-order valence-corrected chi connectivity index (χ0v) is 18.2. The highest BCUT2D eigenvalue weighted by Crippen LogP contribution is 2.17. The number of hydrogen-bond acceptors (Lipinski definition) is 3. The summed E-state index contributed by atoms with van der Waals surface area (Å²) in [5.41, 5.74) is 1.92. The molecule has 162 valence electrons. The van der Waals surface area contributed by atoms with Crippen LogP contribution < -0.4 is 15.4 Å². The highest BCUT2D eigenvalue weighted by Gasteiger charge is 2.19. The zero-order valence-electron chi connectivity index (χ0n) is 18.2. The highest BCUT2D eigenvalue weighted by atomic mass is 19.1. The van der Waals surface area contributed by atoms with Crippen molar-refractivity contribution in [2.45, 2.75) is 32.8 Å². The Balaban J connectivity index is 1.60. The van der Waals surface area contributed by atoms with Gasteiger partial charge in [-0.15, -0.1) is 0 Å². The van der Waals surface area contributed by atoms with Crippen LogP contribution in [0.5, 0.6) is 5.75 Å². The Morgan fingerprint density at radius 2 is 2.03 bits per heavy atom. The van der Waals surface area contributed by atoms with Crippen molar-refractivity contribution in [3.63, 3.8) is 0 Å². The predicted octanol–water partition coefficient (Wildman–Crippen LogP) is 4.16. The molecule has 1 unspecified atom stereocenters. The molecule has 0 bridgehead atoms. The SMILES string of the molecule is CC(C)Oc1ccc(NC(=NCC2CCN(C)C2)NCCc2cccc(F)c2)cc1. The standard InChI is InChI=1S/C24H33FN4O/c1-18(2)30-23-9-7-22(8-10-23)28-24(27-16-20-12-14-29(3)17-20)26-13-11-19-5-4-6-21(25)15-19/h4-10,15,18,20H,11-14,16-17H2,1-3H3,(H2,26,27,28). The largest absolute Gasteiger partial charge is 0.491 e. The summed E-state index contributed by atoms with van der Waals surface area (Å²) in [6, 6.07) is 14.6. The molecule has 2 aromatic rings. The number of rotatable bonds is 8. The minimum absolute atomic E-state index is 0.148. The Morgan fingerprint density at radius 3 is 2.70 bits per heavy atom. The predicted molar refractivity (Wildman–Crippen MR) is 122 cm³/mol. The first-order valence-electron chi connectivity index (χ1n) is 10.7. The maximum absolute atomic E-state index is 13.4. The molecule has 0 aromatic heterocycles. The van der Waals surface area contributed by atoms with Crippen molar-refractivity contribution in [3.8, 4) is 5.75 Å². The van der Waals surface area contributed by atoms with Gasteiger partial charge < -0.3 is 20.3 Å². The number of likely N-dealkylation sites (tertiary alicyclic amines) is 1. The lowest BCUT2D eigenvalue weighted by Gasteiger charge is -2.15. The van der Waals surface area contributed by atoms with E-state index in [2.05, 4.69) is 22.6 Å². The maximum Gasteiger partial charge on any atom is 0.195 e. The second-order valence-electron chi connectivity index (χ2n) is 8.23. The third-order valence-electron chi connectivity index (χ3n) is 5.08. The van der Waals surface area contributed by atoms with Crippen LogP contribution in [-0.2, 0) is 6.42 Å². The number of anilines is 1. The number of aliphatic imine (C=N–C) groups is 1. The van der Waals surface area contributed by atoms with Gasteiger partial charge in [-0.05, 0) is 88.2 Å². The van der Waals surface area contributed by atoms with Gasteiger partial charge in [-0.3, -0.25) is 4.99 Å². The quantitative estimate of drug-likeness (QED) is 0.505. The van der Waals surface area contributed by atoms with E-state index in [1.54, 1.807) is 12.1 Å². The van der Waals surface area contributed by atoms with Crippen LogP contribution in [0, 0.1) is 11.7 Å². The van der Waals surface area contributed by atoms with Crippen LogP contribution in [0.4, 0.5) is 10.1 Å². The first-order valence-corrected chi connectivity index (χ1v) is 10.7. The molecule has 0 aliphatic carbocycles. The van der Waals surface area contributed by atoms with E-state index >= 15 is 0 Å². The van der Waals surface area contributed by atoms with Crippen molar-refractivity contribution < 1.29 is 9.13 Å². The van der Waals surface area contributed by atoms with Gasteiger partial charge in [0.25, 0.3) is 0 Å². The topological polar surface area (TPSA) is 48.9 Å². The summed E-state index contributed by atoms with van der Waals surface area (Å²) in [6.45, 7) is 7.71. The van der Waals surface area contributed by atoms with Gasteiger partial charge in [0.15, 0.2) is 5.96 Å². The van der Waals surface area contributed by atoms with Crippen molar-refractivity contribution in [2.75, 3.05) is 38.5 Å². The second-order valence-corrected chi connectivity index (χ2v) is 8.23. The minimum atomic E-state index is -0.200. The average Bonchev–Trinajstić information content (AvgIpc) is 3.12. The molecular weight excluding hydrogens is 379 g/mol. The van der Waals surface area contributed by atoms with E-state index in [1.807, 2.05) is 44.2 Å². The summed E-state index contributed by atoms with van der Waals surface area (Å²) in [4.78, 5) is 7.16. The van der Waals surface area contributed by atoms with Crippen molar-refractivity contribution in [2.24, 2.45) is 10.9 Å². The van der Waals surface area contributed by atoms with Gasteiger partial charge in [-0.2, -0.15) is 0 Å². The zero-order chi connectivity index (χ0) is 21.3. The van der Waals surface area contributed by atoms with E-state index < -0.39 is 0 Å². The van der Waals surface area contributed by atoms with Gasteiger partial charge in [0.2, 0.25) is 0 Å². The fraction of sp³-hybridized carbons (Fsp3) is 0.458. The van der Waals surface area contributed by atoms with Crippen LogP contribution >= 0.6 is 0 Å². The molecule has 0 spiro atoms. The molecule has 0 saturated carbocycles. The number of nitrogens with zero attached hydrogens (tertiary/aromatic N) is 2. The monoisotopic (exact) mass is 412 g/mol. The average molecular weight is 413 g/mol. The molecule has 2 aromatic carbocycles. The molecule has 2 N–H and O–H groups in total. The number of ether oxygens (including phenoxy) is 1. The smallest absolute Gasteiger partial charge is 0.195 e. The van der Waals surface area contributed by atoms with E-state index in [0.717, 1.165) is 49.0 Å². The molecular formula is C24H33FN4O. The highest BCUT2D eigenvalue weighted by molar-refractivity contribution is 5.93. The summed E-state index contributed by atoms with van der Waals surface area (Å²) < 4.78 is 19.1. The molecule has 30 heavy (non-hydrogen) atoms. The summed E-state index contributed by atoms with van der Waals surface area (Å²) in [5.74, 6) is 1.98. The Kier molecular flexibility index (Phi) is 8.08. The summed E-state index contributed by atoms with van der Waals surface area (Å²) in [7, 11) is 2.15. The molecule has 1 atom stereocenters. The normalized spacial score (nSPS) is 17.4. The fourth-order valence-corrected chi connectivity index (χ4v) is 3.58. The first-order chi connectivity index (χ1) is 14.5. The van der Waals surface area contributed by atoms with E-state index in [0.29, 0.717) is 12.5 Å². The van der Waals surface area contributed by atoms with Crippen molar-refractivity contribution in [3.05, 3.63) is 59.9 Å². The Hall–Kier alpha value is -2.60. The molecule has 0 amide bonds. The van der Waals surface area contributed by atoms with E-state index in [1.165, 1.54) is 12.5 Å². The molecule has 6 heteroatoms. The summed E-state index contributed by atoms with van der Waals surface area (Å²) >= 11 is 0. The van der Waals surface area contributed by atoms with Gasteiger partial charge in [-0.1, -0.05) is 12.1 Å². The number of halogens is 1. The molecule has 3 rings (SSSR count). The molecule has 1 heterocycles. The molecule has 5 nitrogen and oxygen atoms in total. The molecule has 1 fully saturated rings. The first kappa shape index (κ1) is 22.1. The Morgan fingerprint density at radius 1 is 1.23 bits per heavy atom. The molecule has 1 aliphatic heterocycles. The Bertz CT molecular complexity index is 822. The number of hydrogen-bond donors (Lipinski definition) is 2. The summed E-state index contributed by atoms with van der Waals surface area (Å²) in [6.07, 6.45) is 2.05. The van der Waals surface area contributed by atoms with E-state index in [9.17, 15) is 4.39 Å². The minimum Gasteiger partial charge on any atom is -0.491 e. The van der Waals surface area contributed by atoms with Crippen LogP contribution in [0.3, 0.4) is 0 Å². The Labute approximate surface area is 179 Å². The molecule has 1 aliphatic rings. The van der Waals surface area contributed by atoms with Crippen LogP contribution in [-0.4, -0.2) is 50.2 Å². The third kappa shape index (κ3) is 7.34. The van der Waals surface area contributed by atoms with Gasteiger partial charge in [0, 0.05) is 25.3 Å². The van der Waals surface area contributed by atoms with Gasteiger partial charge in [-0.25, -0.2) is 4.39 Å². The van der Waals surface area contributed by atoms with Crippen LogP contribution in [0.15, 0.2) is 53.5 Å². The number of guanidine groups is 1. The lowest BCUT2D eigenvalue weighted by molar-refractivity contribution is 0.242. The lowest BCUT2D eigenvalue weighted by Crippen LogP contribution is -2.33. The van der Waals surface area contributed by atoms with Crippen LogP contribution in [0.1, 0.15) is 25.8 Å². The summed E-state index contributed by atoms with van der Waals surface area (Å²) in [5, 5.41) is 6.78. The van der Waals surface area contributed by atoms with Crippen molar-refractivity contribution >= 4 is 11.6 Å². The number of nitrogens with one attached hydrogen (secondary N) is 2. The van der Waals surface area contributed by atoms with Gasteiger partial charge in [0.1, 0.15) is 11.6 Å². The van der Waals surface area contributed by atoms with Crippen molar-refractivity contribution in [1.29, 1.82) is 0 Å². The third-order valence-corrected chi connectivity index (χ3v) is 5.08. The van der Waals surface area contributed by atoms with Crippen LogP contribution in [0.2, 0.25) is 0 Å². The van der Waals surface area contributed by atoms with E-state index in [-0.39, 0.29) is 11.9 Å². The van der Waals surface area contributed by atoms with Gasteiger partial charge >= 0.3 is 0 Å². The van der Waals surface area contributed by atoms with Crippen LogP contribution in [0.25, 0.3) is 0 Å². The fourth-order valence-electron chi connectivity index (χ4n) is 3.58. The molecule has 1 saturated heterocycles. The maximum atomic E-state index is 13.4. The van der Waals surface area contributed by atoms with Crippen molar-refractivity contribution in [1.82, 2.24) is 10.2 Å². The molecule has 0 radical (unpaired) electrons. The number of benzene rings is 2.